The van der Waals surface area contributed by atoms with E-state index in [1.165, 1.54) is 6.07 Å². The van der Waals surface area contributed by atoms with Crippen molar-refractivity contribution in [2.24, 2.45) is 4.99 Å². The van der Waals surface area contributed by atoms with Crippen molar-refractivity contribution in [1.29, 1.82) is 0 Å². The van der Waals surface area contributed by atoms with Gasteiger partial charge in [-0.05, 0) is 51.1 Å². The summed E-state index contributed by atoms with van der Waals surface area (Å²) in [5, 5.41) is 13.0. The first-order valence-electron chi connectivity index (χ1n) is 7.21. The second kappa shape index (κ2) is 6.96. The molecule has 0 saturated heterocycles. The first-order valence-corrected chi connectivity index (χ1v) is 8.01. The maximum atomic E-state index is 12.7. The Bertz CT molecular complexity index is 734. The Balaban J connectivity index is 2.54. The van der Waals surface area contributed by atoms with Crippen molar-refractivity contribution in [3.8, 4) is 5.75 Å². The Morgan fingerprint density at radius 2 is 1.78 bits per heavy atom. The fourth-order valence-corrected chi connectivity index (χ4v) is 2.32. The molecule has 2 aromatic carbocycles. The monoisotopic (exact) mass is 374 g/mol. The number of hydrogen-bond donors (Lipinski definition) is 2. The maximum Gasteiger partial charge on any atom is 0.271 e. The van der Waals surface area contributed by atoms with Gasteiger partial charge in [0.15, 0.2) is 0 Å². The molecule has 2 rings (SSSR count). The highest BCUT2D eigenvalue weighted by molar-refractivity contribution is 9.10. The fourth-order valence-electron chi connectivity index (χ4n) is 1.96. The van der Waals surface area contributed by atoms with Gasteiger partial charge < -0.3 is 10.4 Å². The lowest BCUT2D eigenvalue weighted by molar-refractivity contribution is -0.116. The van der Waals surface area contributed by atoms with Gasteiger partial charge in [-0.25, -0.2) is 4.99 Å². The number of nitrogens with zero attached hydrogens (tertiary/aromatic N) is 1. The van der Waals surface area contributed by atoms with E-state index < -0.39 is 5.54 Å². The molecule has 2 N–H and O–H groups in total. The van der Waals surface area contributed by atoms with Gasteiger partial charge in [-0.15, -0.1) is 0 Å². The summed E-state index contributed by atoms with van der Waals surface area (Å²) in [5.41, 5.74) is 0.789. The normalized spacial score (nSPS) is 12.1. The number of benzene rings is 2. The van der Waals surface area contributed by atoms with Crippen LogP contribution < -0.4 is 5.32 Å². The number of carbonyl (C=O) groups is 1. The number of para-hydroxylation sites is 1. The minimum atomic E-state index is -0.407. The van der Waals surface area contributed by atoms with Crippen molar-refractivity contribution in [2.75, 3.05) is 0 Å². The number of nitrogens with one attached hydrogen (secondary N) is 1. The SMILES string of the molecule is CC(C)(C)NC(=O)C(=Nc1ccccc1)c1cc(Br)ccc1O. The van der Waals surface area contributed by atoms with Crippen molar-refractivity contribution in [2.45, 2.75) is 26.3 Å². The summed E-state index contributed by atoms with van der Waals surface area (Å²) >= 11 is 3.36. The largest absolute Gasteiger partial charge is 0.507 e. The van der Waals surface area contributed by atoms with E-state index >= 15 is 0 Å². The van der Waals surface area contributed by atoms with Crippen molar-refractivity contribution in [1.82, 2.24) is 5.32 Å². The van der Waals surface area contributed by atoms with Crippen LogP contribution in [0.3, 0.4) is 0 Å². The van der Waals surface area contributed by atoms with Crippen LogP contribution in [0.4, 0.5) is 5.69 Å². The first kappa shape index (κ1) is 17.2. The molecule has 0 aliphatic heterocycles. The van der Waals surface area contributed by atoms with Gasteiger partial charge in [0.2, 0.25) is 0 Å². The van der Waals surface area contributed by atoms with Gasteiger partial charge in [0.1, 0.15) is 11.5 Å². The van der Waals surface area contributed by atoms with Crippen LogP contribution >= 0.6 is 15.9 Å². The third-order valence-corrected chi connectivity index (χ3v) is 3.41. The number of carbonyl (C=O) groups excluding carboxylic acids is 1. The molecule has 23 heavy (non-hydrogen) atoms. The van der Waals surface area contributed by atoms with E-state index in [2.05, 4.69) is 26.2 Å². The third-order valence-electron chi connectivity index (χ3n) is 2.91. The zero-order valence-electron chi connectivity index (χ0n) is 13.3. The van der Waals surface area contributed by atoms with Gasteiger partial charge in [0.25, 0.3) is 5.91 Å². The van der Waals surface area contributed by atoms with Gasteiger partial charge in [-0.3, -0.25) is 4.79 Å². The lowest BCUT2D eigenvalue weighted by Gasteiger charge is -2.21. The second-order valence-electron chi connectivity index (χ2n) is 6.16. The number of rotatable bonds is 3. The zero-order valence-corrected chi connectivity index (χ0v) is 14.9. The molecular formula is C18H19BrN2O2. The summed E-state index contributed by atoms with van der Waals surface area (Å²) < 4.78 is 0.759. The topological polar surface area (TPSA) is 61.7 Å². The molecule has 0 spiro atoms. The molecule has 0 aliphatic carbocycles. The molecule has 120 valence electrons. The molecular weight excluding hydrogens is 356 g/mol. The second-order valence-corrected chi connectivity index (χ2v) is 7.08. The van der Waals surface area contributed by atoms with Crippen LogP contribution in [0, 0.1) is 0 Å². The number of phenolic OH excluding ortho intramolecular Hbond substituents is 1. The van der Waals surface area contributed by atoms with Gasteiger partial charge in [0.05, 0.1) is 5.69 Å². The van der Waals surface area contributed by atoms with Gasteiger partial charge in [0, 0.05) is 15.6 Å². The van der Waals surface area contributed by atoms with Gasteiger partial charge in [-0.1, -0.05) is 34.1 Å². The first-order chi connectivity index (χ1) is 10.8. The molecule has 0 aromatic heterocycles. The molecule has 0 fully saturated rings. The van der Waals surface area contributed by atoms with Crippen LogP contribution in [-0.4, -0.2) is 22.3 Å². The fraction of sp³-hybridized carbons (Fsp3) is 0.222. The minimum absolute atomic E-state index is 0.00643. The summed E-state index contributed by atoms with van der Waals surface area (Å²) in [6.45, 7) is 5.68. The Morgan fingerprint density at radius 3 is 2.39 bits per heavy atom. The molecule has 0 aliphatic rings. The number of halogens is 1. The van der Waals surface area contributed by atoms with E-state index in [-0.39, 0.29) is 17.4 Å². The van der Waals surface area contributed by atoms with Crippen molar-refractivity contribution >= 4 is 33.2 Å². The smallest absolute Gasteiger partial charge is 0.271 e. The van der Waals surface area contributed by atoms with Crippen molar-refractivity contribution in [3.05, 3.63) is 58.6 Å². The molecule has 4 nitrogen and oxygen atoms in total. The summed E-state index contributed by atoms with van der Waals surface area (Å²) in [6, 6.07) is 14.1. The molecule has 0 radical (unpaired) electrons. The van der Waals surface area contributed by atoms with E-state index in [4.69, 9.17) is 0 Å². The van der Waals surface area contributed by atoms with E-state index in [0.29, 0.717) is 11.3 Å². The Morgan fingerprint density at radius 1 is 1.13 bits per heavy atom. The van der Waals surface area contributed by atoms with Crippen LogP contribution in [0.1, 0.15) is 26.3 Å². The van der Waals surface area contributed by atoms with E-state index in [1.807, 2.05) is 39.0 Å². The number of aromatic hydroxyl groups is 1. The number of phenols is 1. The molecule has 0 heterocycles. The molecule has 2 aromatic rings. The average molecular weight is 375 g/mol. The molecule has 0 atom stereocenters. The van der Waals surface area contributed by atoms with Crippen LogP contribution in [-0.2, 0) is 4.79 Å². The highest BCUT2D eigenvalue weighted by atomic mass is 79.9. The minimum Gasteiger partial charge on any atom is -0.507 e. The zero-order chi connectivity index (χ0) is 17.0. The highest BCUT2D eigenvalue weighted by Gasteiger charge is 2.22. The Hall–Kier alpha value is -2.14. The van der Waals surface area contributed by atoms with Crippen LogP contribution in [0.25, 0.3) is 0 Å². The van der Waals surface area contributed by atoms with Crippen LogP contribution in [0.15, 0.2) is 58.0 Å². The van der Waals surface area contributed by atoms with Crippen molar-refractivity contribution in [3.63, 3.8) is 0 Å². The summed E-state index contributed by atoms with van der Waals surface area (Å²) in [5.74, 6) is -0.332. The summed E-state index contributed by atoms with van der Waals surface area (Å²) in [4.78, 5) is 17.1. The van der Waals surface area contributed by atoms with Gasteiger partial charge >= 0.3 is 0 Å². The predicted octanol–water partition coefficient (Wildman–Crippen LogP) is 4.19. The van der Waals surface area contributed by atoms with E-state index in [0.717, 1.165) is 4.47 Å². The number of hydrogen-bond acceptors (Lipinski definition) is 3. The molecule has 0 saturated carbocycles. The Kier molecular flexibility index (Phi) is 5.21. The van der Waals surface area contributed by atoms with E-state index in [1.54, 1.807) is 24.3 Å². The predicted molar refractivity (Wildman–Crippen MR) is 96.3 cm³/mol. The highest BCUT2D eigenvalue weighted by Crippen LogP contribution is 2.25. The lowest BCUT2D eigenvalue weighted by atomic mass is 10.0. The standard InChI is InChI=1S/C18H19BrN2O2/c1-18(2,3)21-17(23)16(20-13-7-5-4-6-8-13)14-11-12(19)9-10-15(14)22/h4-11,22H,1-3H3,(H,21,23). The summed E-state index contributed by atoms with van der Waals surface area (Å²) in [7, 11) is 0. The van der Waals surface area contributed by atoms with Gasteiger partial charge in [-0.2, -0.15) is 0 Å². The third kappa shape index (κ3) is 4.93. The number of aliphatic imine (C=N–C) groups is 1. The molecule has 1 amide bonds. The number of amides is 1. The van der Waals surface area contributed by atoms with Crippen molar-refractivity contribution < 1.29 is 9.90 Å². The molecule has 5 heteroatoms. The average Bonchev–Trinajstić information content (AvgIpc) is 2.47. The lowest BCUT2D eigenvalue weighted by Crippen LogP contribution is -2.44. The summed E-state index contributed by atoms with van der Waals surface area (Å²) in [6.07, 6.45) is 0. The van der Waals surface area contributed by atoms with E-state index in [9.17, 15) is 9.90 Å². The van der Waals surface area contributed by atoms with Crippen LogP contribution in [0.5, 0.6) is 5.75 Å². The molecule has 0 unspecified atom stereocenters. The Labute approximate surface area is 144 Å². The maximum absolute atomic E-state index is 12.7. The van der Waals surface area contributed by atoms with Crippen LogP contribution in [0.2, 0.25) is 0 Å². The quantitative estimate of drug-likeness (QED) is 0.791. The molecule has 0 bridgehead atoms.